The summed E-state index contributed by atoms with van der Waals surface area (Å²) in [6.45, 7) is 4.54. The first-order valence-corrected chi connectivity index (χ1v) is 7.44. The molecule has 1 aliphatic heterocycles. The van der Waals surface area contributed by atoms with Gasteiger partial charge in [0.15, 0.2) is 0 Å². The highest BCUT2D eigenvalue weighted by atomic mass is 32.2. The van der Waals surface area contributed by atoms with Crippen molar-refractivity contribution < 1.29 is 8.42 Å². The van der Waals surface area contributed by atoms with E-state index in [1.54, 1.807) is 0 Å². The van der Waals surface area contributed by atoms with Crippen LogP contribution in [0.3, 0.4) is 0 Å². The van der Waals surface area contributed by atoms with Gasteiger partial charge >= 0.3 is 0 Å². The maximum absolute atomic E-state index is 12.5. The molecule has 6 nitrogen and oxygen atoms in total. The van der Waals surface area contributed by atoms with Crippen LogP contribution in [0.1, 0.15) is 26.7 Å². The molecular weight excluding hydrogens is 252 g/mol. The molecule has 0 aromatic carbocycles. The first-order valence-electron chi connectivity index (χ1n) is 6.00. The van der Waals surface area contributed by atoms with Crippen molar-refractivity contribution in [1.82, 2.24) is 14.3 Å². The minimum Gasteiger partial charge on any atom is -0.368 e. The lowest BCUT2D eigenvalue weighted by Crippen LogP contribution is -2.44. The Hall–Kier alpha value is -1.21. The third-order valence-electron chi connectivity index (χ3n) is 3.32. The van der Waals surface area contributed by atoms with Gasteiger partial charge in [0.25, 0.3) is 0 Å². The summed E-state index contributed by atoms with van der Waals surface area (Å²) in [6.07, 6.45) is 4.48. The van der Waals surface area contributed by atoms with Gasteiger partial charge in [0.1, 0.15) is 4.90 Å². The first kappa shape index (κ1) is 13.2. The number of hydrogen-bond acceptors (Lipinski definition) is 5. The number of nitrogen functional groups attached to an aromatic ring is 1. The monoisotopic (exact) mass is 270 g/mol. The van der Waals surface area contributed by atoms with Crippen molar-refractivity contribution >= 4 is 16.0 Å². The maximum atomic E-state index is 12.5. The summed E-state index contributed by atoms with van der Waals surface area (Å²) in [4.78, 5) is 7.60. The fraction of sp³-hybridized carbons (Fsp3) is 0.636. The Balaban J connectivity index is 2.32. The summed E-state index contributed by atoms with van der Waals surface area (Å²) in [5.74, 6) is 0.458. The van der Waals surface area contributed by atoms with Crippen LogP contribution in [0.4, 0.5) is 5.95 Å². The van der Waals surface area contributed by atoms with Crippen molar-refractivity contribution in [3.8, 4) is 0 Å². The topological polar surface area (TPSA) is 89.2 Å². The van der Waals surface area contributed by atoms with Crippen LogP contribution in [0.2, 0.25) is 0 Å². The van der Waals surface area contributed by atoms with E-state index in [1.807, 2.05) is 6.92 Å². The third-order valence-corrected chi connectivity index (χ3v) is 5.25. The Morgan fingerprint density at radius 2 is 1.89 bits per heavy atom. The van der Waals surface area contributed by atoms with Gasteiger partial charge < -0.3 is 5.73 Å². The quantitative estimate of drug-likeness (QED) is 0.861. The standard InChI is InChI=1S/C11H18N4O2S/c1-8-3-4-9(2)15(7-8)18(16,17)10-5-13-11(12)14-6-10/h5-6,8-9H,3-4,7H2,1-2H3,(H2,12,13,14). The molecule has 0 radical (unpaired) electrons. The van der Waals surface area contributed by atoms with Gasteiger partial charge in [-0.05, 0) is 25.7 Å². The van der Waals surface area contributed by atoms with Crippen LogP contribution in [0.5, 0.6) is 0 Å². The zero-order chi connectivity index (χ0) is 13.3. The van der Waals surface area contributed by atoms with Crippen molar-refractivity contribution in [3.63, 3.8) is 0 Å². The Labute approximate surface area is 107 Å². The average Bonchev–Trinajstić information content (AvgIpc) is 2.32. The van der Waals surface area contributed by atoms with Crippen LogP contribution in [-0.4, -0.2) is 35.3 Å². The van der Waals surface area contributed by atoms with E-state index in [2.05, 4.69) is 16.9 Å². The molecule has 2 N–H and O–H groups in total. The highest BCUT2D eigenvalue weighted by Gasteiger charge is 2.33. The molecule has 1 aromatic rings. The number of hydrogen-bond donors (Lipinski definition) is 1. The zero-order valence-corrected chi connectivity index (χ0v) is 11.4. The molecule has 2 unspecified atom stereocenters. The summed E-state index contributed by atoms with van der Waals surface area (Å²) in [5, 5.41) is 0. The molecule has 18 heavy (non-hydrogen) atoms. The first-order chi connectivity index (χ1) is 8.41. The minimum absolute atomic E-state index is 0.0174. The van der Waals surface area contributed by atoms with Crippen molar-refractivity contribution in [2.75, 3.05) is 12.3 Å². The van der Waals surface area contributed by atoms with Gasteiger partial charge in [-0.2, -0.15) is 4.31 Å². The van der Waals surface area contributed by atoms with Crippen LogP contribution < -0.4 is 5.73 Å². The van der Waals surface area contributed by atoms with Gasteiger partial charge in [0, 0.05) is 12.6 Å². The van der Waals surface area contributed by atoms with Crippen LogP contribution >= 0.6 is 0 Å². The predicted octanol–water partition coefficient (Wildman–Crippen LogP) is 0.868. The lowest BCUT2D eigenvalue weighted by atomic mass is 9.97. The SMILES string of the molecule is CC1CCC(C)N(S(=O)(=O)c2cnc(N)nc2)C1. The molecule has 100 valence electrons. The highest BCUT2D eigenvalue weighted by molar-refractivity contribution is 7.89. The average molecular weight is 270 g/mol. The van der Waals surface area contributed by atoms with E-state index in [9.17, 15) is 8.42 Å². The molecule has 7 heteroatoms. The second kappa shape index (κ2) is 4.81. The van der Waals surface area contributed by atoms with E-state index in [4.69, 9.17) is 5.73 Å². The molecule has 0 saturated carbocycles. The number of piperidine rings is 1. The lowest BCUT2D eigenvalue weighted by Gasteiger charge is -2.35. The van der Waals surface area contributed by atoms with Crippen LogP contribution in [0.15, 0.2) is 17.3 Å². The van der Waals surface area contributed by atoms with E-state index in [-0.39, 0.29) is 16.9 Å². The fourth-order valence-electron chi connectivity index (χ4n) is 2.18. The summed E-state index contributed by atoms with van der Waals surface area (Å²) in [7, 11) is -3.51. The number of nitrogens with two attached hydrogens (primary N) is 1. The molecule has 2 rings (SSSR count). The molecule has 0 spiro atoms. The van der Waals surface area contributed by atoms with Crippen molar-refractivity contribution in [1.29, 1.82) is 0 Å². The Bertz CT molecular complexity index is 514. The van der Waals surface area contributed by atoms with Crippen molar-refractivity contribution in [3.05, 3.63) is 12.4 Å². The molecule has 1 fully saturated rings. The molecule has 2 atom stereocenters. The number of aromatic nitrogens is 2. The number of sulfonamides is 1. The molecule has 2 heterocycles. The highest BCUT2D eigenvalue weighted by Crippen LogP contribution is 2.27. The Kier molecular flexibility index (Phi) is 3.54. The van der Waals surface area contributed by atoms with Gasteiger partial charge in [-0.25, -0.2) is 18.4 Å². The maximum Gasteiger partial charge on any atom is 0.246 e. The molecule has 0 amide bonds. The molecule has 1 saturated heterocycles. The smallest absolute Gasteiger partial charge is 0.246 e. The Morgan fingerprint density at radius 1 is 1.28 bits per heavy atom. The van der Waals surface area contributed by atoms with E-state index < -0.39 is 10.0 Å². The molecule has 0 bridgehead atoms. The molecular formula is C11H18N4O2S. The number of anilines is 1. The molecule has 1 aromatic heterocycles. The summed E-state index contributed by atoms with van der Waals surface area (Å²) >= 11 is 0. The Morgan fingerprint density at radius 3 is 2.50 bits per heavy atom. The second-order valence-electron chi connectivity index (χ2n) is 4.88. The fourth-order valence-corrected chi connectivity index (χ4v) is 3.85. The zero-order valence-electron chi connectivity index (χ0n) is 10.6. The van der Waals surface area contributed by atoms with Gasteiger partial charge in [-0.3, -0.25) is 0 Å². The summed E-state index contributed by atoms with van der Waals surface area (Å²) in [5.41, 5.74) is 5.37. The van der Waals surface area contributed by atoms with Crippen LogP contribution in [0, 0.1) is 5.92 Å². The molecule has 1 aliphatic rings. The van der Waals surface area contributed by atoms with Gasteiger partial charge in [-0.1, -0.05) is 6.92 Å². The third kappa shape index (κ3) is 2.46. The van der Waals surface area contributed by atoms with E-state index in [0.29, 0.717) is 12.5 Å². The molecule has 0 aliphatic carbocycles. The second-order valence-corrected chi connectivity index (χ2v) is 6.77. The largest absolute Gasteiger partial charge is 0.368 e. The van der Waals surface area contributed by atoms with Gasteiger partial charge in [0.2, 0.25) is 16.0 Å². The predicted molar refractivity (Wildman–Crippen MR) is 68.2 cm³/mol. The van der Waals surface area contributed by atoms with E-state index in [0.717, 1.165) is 12.8 Å². The van der Waals surface area contributed by atoms with Crippen LogP contribution in [-0.2, 0) is 10.0 Å². The number of nitrogens with zero attached hydrogens (tertiary/aromatic N) is 3. The van der Waals surface area contributed by atoms with Crippen molar-refractivity contribution in [2.45, 2.75) is 37.6 Å². The summed E-state index contributed by atoms with van der Waals surface area (Å²) in [6, 6.07) is 0.0174. The van der Waals surface area contributed by atoms with Crippen molar-refractivity contribution in [2.24, 2.45) is 5.92 Å². The summed E-state index contributed by atoms with van der Waals surface area (Å²) < 4.78 is 26.5. The van der Waals surface area contributed by atoms with E-state index in [1.165, 1.54) is 16.7 Å². The normalized spacial score (nSPS) is 26.1. The van der Waals surface area contributed by atoms with E-state index >= 15 is 0 Å². The minimum atomic E-state index is -3.51. The lowest BCUT2D eigenvalue weighted by molar-refractivity contribution is 0.218. The number of rotatable bonds is 2. The van der Waals surface area contributed by atoms with Gasteiger partial charge in [0.05, 0.1) is 12.4 Å². The van der Waals surface area contributed by atoms with Gasteiger partial charge in [-0.15, -0.1) is 0 Å². The van der Waals surface area contributed by atoms with Crippen LogP contribution in [0.25, 0.3) is 0 Å².